The van der Waals surface area contributed by atoms with Crippen LogP contribution in [0.1, 0.15) is 182 Å². The third kappa shape index (κ3) is 16.3. The number of imidazole rings is 2. The highest BCUT2D eigenvalue weighted by Crippen LogP contribution is 2.62. The largest absolute Gasteiger partial charge is 0.480 e. The van der Waals surface area contributed by atoms with E-state index in [1.165, 1.54) is 52.4 Å². The molecule has 2 aromatic heterocycles. The molecule has 8 heterocycles. The molecule has 2 spiro atoms. The maximum Gasteiger partial charge on any atom is 0.407 e. The second-order valence-electron chi connectivity index (χ2n) is 38.3. The molecule has 7 amide bonds. The molecular weight excluding hydrogens is 1700 g/mol. The number of carboxylic acids is 1. The summed E-state index contributed by atoms with van der Waals surface area (Å²) in [6.07, 6.45) is 13.0. The van der Waals surface area contributed by atoms with Gasteiger partial charge in [0.25, 0.3) is 11.8 Å². The van der Waals surface area contributed by atoms with E-state index >= 15 is 17.6 Å². The minimum absolute atomic E-state index is 0.00615. The number of fused-ring (bicyclic) bond motifs is 12. The number of halogens is 4. The first-order valence-corrected chi connectivity index (χ1v) is 45.1. The number of hydrogen-bond donors (Lipinski definition) is 8. The summed E-state index contributed by atoms with van der Waals surface area (Å²) >= 11 is 0. The van der Waals surface area contributed by atoms with Crippen LogP contribution in [0.2, 0.25) is 0 Å². The van der Waals surface area contributed by atoms with Gasteiger partial charge in [0.2, 0.25) is 17.7 Å². The summed E-state index contributed by atoms with van der Waals surface area (Å²) in [7, 11) is 4.86. The summed E-state index contributed by atoms with van der Waals surface area (Å²) in [5.74, 6) is -6.79. The van der Waals surface area contributed by atoms with Gasteiger partial charge in [0, 0.05) is 82.8 Å². The number of piperidine rings is 2. The van der Waals surface area contributed by atoms with Crippen molar-refractivity contribution in [1.82, 2.24) is 61.2 Å². The Morgan fingerprint density at radius 2 is 0.947 bits per heavy atom. The number of nitrogens with zero attached hydrogens (tertiary/aromatic N) is 9. The highest BCUT2D eigenvalue weighted by Gasteiger charge is 2.59. The molecule has 12 aliphatic rings. The zero-order valence-corrected chi connectivity index (χ0v) is 74.7. The van der Waals surface area contributed by atoms with Crippen molar-refractivity contribution in [3.8, 4) is 79.2 Å². The number of carbonyl (C=O) groups excluding carboxylic acids is 7. The molecule has 132 heavy (non-hydrogen) atoms. The van der Waals surface area contributed by atoms with E-state index in [0.717, 1.165) is 116 Å². The number of ether oxygens (including phenoxy) is 4. The number of nitriles is 2. The molecule has 8 aromatic rings. The van der Waals surface area contributed by atoms with Gasteiger partial charge in [-0.3, -0.25) is 24.4 Å². The summed E-state index contributed by atoms with van der Waals surface area (Å²) in [4.78, 5) is 131. The Morgan fingerprint density at radius 1 is 0.523 bits per heavy atom. The number of benzene rings is 6. The number of aromatic amines is 2. The molecule has 4 saturated heterocycles. The fourth-order valence-corrected chi connectivity index (χ4v) is 22.0. The summed E-state index contributed by atoms with van der Waals surface area (Å²) in [6.45, 7) is 10.9. The van der Waals surface area contributed by atoms with Crippen molar-refractivity contribution in [3.05, 3.63) is 167 Å². The minimum atomic E-state index is -3.29. The van der Waals surface area contributed by atoms with Gasteiger partial charge < -0.3 is 75.3 Å². The number of amides is 7. The molecule has 0 radical (unpaired) electrons. The number of nitrogens with one attached hydrogen (secondary N) is 7. The number of carboxylic acid groups (broad SMARTS) is 1. The van der Waals surface area contributed by atoms with Crippen LogP contribution >= 0.6 is 0 Å². The lowest BCUT2D eigenvalue weighted by Gasteiger charge is -2.37. The SMILES string of the molecule is COC(=O)N[C@@H](CC#N)C(=O)N1[C@@H]2CC[C@@H](C2)[C@H]1C1=Nc2ccc(-c3ccc4c(c3)C(F)(F)c3cc(-c5cnc([C@@H]6CC7(CC7)CN6C(=O)[C@@H](NC(=O)OC)C(C)C)[nH]5)ccc3-4)cc2C1.COC(=O)N[C@@H](CC#N)C(=O)O.COC(=O)N[C@H](C(=O)N1CC2(CC2)C[C@H]1c1ncc(-c2ccc3c(c2)C(F)(F)c2cc(-c4ccc5c(c4)CC([C@@]4(C)N[C@@H]6CC[C@H]4C6)=N5)ccc2-3)[nH]1)C(C)C. The number of hydrogen-bond acceptors (Lipinski definition) is 19. The number of methoxy groups -OCH3 is 4. The molecule has 8 fully saturated rings. The molecule has 6 aliphatic heterocycles. The number of H-pyrrole nitrogens is 2. The van der Waals surface area contributed by atoms with Crippen molar-refractivity contribution in [2.75, 3.05) is 41.5 Å². The number of alkyl halides is 4. The summed E-state index contributed by atoms with van der Waals surface area (Å²) in [6, 6.07) is 32.3. The Hall–Kier alpha value is -13.3. The smallest absolute Gasteiger partial charge is 0.407 e. The summed E-state index contributed by atoms with van der Waals surface area (Å²) in [5.41, 5.74) is 13.0. The molecule has 33 heteroatoms. The van der Waals surface area contributed by atoms with Gasteiger partial charge in [-0.15, -0.1) is 0 Å². The van der Waals surface area contributed by atoms with Crippen LogP contribution in [0, 0.1) is 57.2 Å². The number of aromatic nitrogens is 4. The van der Waals surface area contributed by atoms with E-state index < -0.39 is 66.4 Å². The topological polar surface area (TPSA) is 393 Å². The first-order valence-electron chi connectivity index (χ1n) is 45.1. The lowest BCUT2D eigenvalue weighted by molar-refractivity contribution is -0.139. The van der Waals surface area contributed by atoms with Crippen molar-refractivity contribution >= 4 is 70.9 Å². The third-order valence-electron chi connectivity index (χ3n) is 29.5. The summed E-state index contributed by atoms with van der Waals surface area (Å²) < 4.78 is 84.8. The number of carbonyl (C=O) groups is 8. The van der Waals surface area contributed by atoms with Gasteiger partial charge in [-0.1, -0.05) is 88.4 Å². The van der Waals surface area contributed by atoms with Gasteiger partial charge in [0.1, 0.15) is 35.8 Å². The first kappa shape index (κ1) is 89.3. The van der Waals surface area contributed by atoms with Crippen LogP contribution in [-0.2, 0) is 62.8 Å². The molecule has 4 saturated carbocycles. The zero-order chi connectivity index (χ0) is 93.1. The maximum absolute atomic E-state index is 16.7. The average Bonchev–Trinajstić information content (AvgIpc) is 1.58. The monoisotopic (exact) mass is 1800 g/mol. The average molecular weight is 1800 g/mol. The van der Waals surface area contributed by atoms with Crippen LogP contribution in [0.5, 0.6) is 0 Å². The number of likely N-dealkylation sites (tertiary alicyclic amines) is 3. The minimum Gasteiger partial charge on any atom is -0.480 e. The van der Waals surface area contributed by atoms with E-state index in [0.29, 0.717) is 93.5 Å². The number of rotatable bonds is 20. The molecule has 6 aliphatic carbocycles. The van der Waals surface area contributed by atoms with E-state index in [1.807, 2.05) is 110 Å². The van der Waals surface area contributed by atoms with Crippen LogP contribution < -0.4 is 26.6 Å². The van der Waals surface area contributed by atoms with Crippen molar-refractivity contribution in [2.24, 2.45) is 44.5 Å². The molecular formula is C99H104F4N16O13. The van der Waals surface area contributed by atoms with E-state index in [4.69, 9.17) is 44.5 Å². The second kappa shape index (κ2) is 34.5. The highest BCUT2D eigenvalue weighted by atomic mass is 19.3. The van der Waals surface area contributed by atoms with Crippen molar-refractivity contribution in [2.45, 2.75) is 209 Å². The van der Waals surface area contributed by atoms with Gasteiger partial charge in [-0.25, -0.2) is 33.9 Å². The van der Waals surface area contributed by atoms with Crippen molar-refractivity contribution in [1.29, 1.82) is 10.5 Å². The van der Waals surface area contributed by atoms with Gasteiger partial charge >= 0.3 is 30.3 Å². The van der Waals surface area contributed by atoms with Crippen LogP contribution in [0.4, 0.5) is 48.1 Å². The molecule has 6 aromatic carbocycles. The lowest BCUT2D eigenvalue weighted by atomic mass is 9.80. The number of aliphatic carboxylic acids is 1. The first-order chi connectivity index (χ1) is 63.2. The fourth-order valence-electron chi connectivity index (χ4n) is 22.0. The summed E-state index contributed by atoms with van der Waals surface area (Å²) in [5, 5.41) is 39.8. The lowest BCUT2D eigenvalue weighted by Crippen LogP contribution is -2.56. The molecule has 20 rings (SSSR count). The maximum atomic E-state index is 16.7. The Morgan fingerprint density at radius 3 is 1.38 bits per heavy atom. The predicted molar refractivity (Wildman–Crippen MR) is 478 cm³/mol. The van der Waals surface area contributed by atoms with Crippen molar-refractivity contribution in [3.63, 3.8) is 0 Å². The fraction of sp³-hybridized carbons (Fsp3) is 0.455. The standard InChI is InChI=1S/C49H50F2N8O6.C44H46F2N6O3.C6H8N2O4/c1-25(2)41(57-47(63)65-4)45(61)58-24-48(14-15-48)22-40(58)43-53-23-39(55-43)28-7-11-33-32-10-6-27(19-34(32)49(50,51)35(33)20-28)26-8-12-36-30(17-26)21-38(54-36)42-29-5-9-31(18-29)59(42)44(60)37(13-16-52)56-46(62)64-3;1-23(2)38(50-41(54)55-4)40(53)52-22-43(13-14-43)20-36(52)39-47-21-35(49-39)26-6-11-31-30-10-5-25(16-32(30)44(45,46)33(31)17-26)24-7-12-34-27(15-24)18-37(48-34)42(3)28-8-9-29(19-28)51-42;1-12-6(11)8-4(2-3-7)5(9)10/h6-8,10-12,17,19-20,23,25,29,31,37,40-42H,5,9,13-15,18,21-22,24H2,1-4H3,(H,53,55)(H,56,62)(H,57,63);5-7,10-12,15-17,21,23,28-29,36,38,51H,8-9,13-14,18-20,22H2,1-4H3,(H,47,49)(H,50,54);4H,2H2,1H3,(H,8,11)(H,9,10)/t29-,31+,37-,40-,41-,42-;28-,29+,36-,38-,42-;4-/m000/s1. The van der Waals surface area contributed by atoms with E-state index in [9.17, 15) is 43.6 Å². The van der Waals surface area contributed by atoms with Crippen LogP contribution in [-0.4, -0.2) is 189 Å². The number of aliphatic imine (C=N–C) groups is 2. The quantitative estimate of drug-likeness (QED) is 0.0259. The predicted octanol–water partition coefficient (Wildman–Crippen LogP) is 16.1. The second-order valence-corrected chi connectivity index (χ2v) is 38.3. The van der Waals surface area contributed by atoms with Crippen LogP contribution in [0.3, 0.4) is 0 Å². The third-order valence-corrected chi connectivity index (χ3v) is 29.5. The zero-order valence-electron chi connectivity index (χ0n) is 74.7. The van der Waals surface area contributed by atoms with E-state index in [2.05, 4.69) is 49.0 Å². The molecule has 686 valence electrons. The van der Waals surface area contributed by atoms with E-state index in [1.54, 1.807) is 59.8 Å². The van der Waals surface area contributed by atoms with Crippen LogP contribution in [0.25, 0.3) is 67.0 Å². The van der Waals surface area contributed by atoms with Gasteiger partial charge in [0.05, 0.1) is 112 Å². The molecule has 29 nitrogen and oxygen atoms in total. The Bertz CT molecular complexity index is 6200. The Kier molecular flexibility index (Phi) is 23.3. The van der Waals surface area contributed by atoms with Crippen LogP contribution in [0.15, 0.2) is 132 Å². The normalized spacial score (nSPS) is 23.6. The number of alkyl carbamates (subject to hydrolysis) is 4. The highest BCUT2D eigenvalue weighted by molar-refractivity contribution is 6.03. The Labute approximate surface area is 759 Å². The van der Waals surface area contributed by atoms with Crippen molar-refractivity contribution < 1.29 is 80.0 Å². The Balaban J connectivity index is 0.000000159. The van der Waals surface area contributed by atoms with Gasteiger partial charge in [-0.2, -0.15) is 28.1 Å². The molecule has 4 bridgehead atoms. The molecule has 12 atom stereocenters. The van der Waals surface area contributed by atoms with Gasteiger partial charge in [0.15, 0.2) is 0 Å². The van der Waals surface area contributed by atoms with E-state index in [-0.39, 0.29) is 111 Å². The molecule has 0 unspecified atom stereocenters. The molecule has 8 N–H and O–H groups in total. The van der Waals surface area contributed by atoms with Gasteiger partial charge in [-0.05, 0) is 223 Å².